The molecule has 2 rings (SSSR count). The number of nitrogens with one attached hydrogen (secondary N) is 1. The first-order valence-electron chi connectivity index (χ1n) is 10.6. The summed E-state index contributed by atoms with van der Waals surface area (Å²) in [7, 11) is 0. The second-order valence-electron chi connectivity index (χ2n) is 8.92. The number of carbonyl (C=O) groups is 3. The van der Waals surface area contributed by atoms with E-state index in [9.17, 15) is 14.4 Å². The molecule has 1 saturated carbocycles. The predicted octanol–water partition coefficient (Wildman–Crippen LogP) is 3.26. The Labute approximate surface area is 168 Å². The summed E-state index contributed by atoms with van der Waals surface area (Å²) >= 11 is 0. The topological polar surface area (TPSA) is 84.9 Å². The molecule has 1 saturated heterocycles. The average molecular weight is 397 g/mol. The van der Waals surface area contributed by atoms with Crippen molar-refractivity contribution < 1.29 is 23.9 Å². The predicted molar refractivity (Wildman–Crippen MR) is 106 cm³/mol. The fourth-order valence-corrected chi connectivity index (χ4v) is 4.11. The van der Waals surface area contributed by atoms with Crippen molar-refractivity contribution in [3.05, 3.63) is 0 Å². The highest BCUT2D eigenvalue weighted by Crippen LogP contribution is 2.29. The summed E-state index contributed by atoms with van der Waals surface area (Å²) in [5.74, 6) is 0.0598. The van der Waals surface area contributed by atoms with E-state index in [2.05, 4.69) is 5.32 Å². The molecule has 1 N–H and O–H groups in total. The zero-order valence-corrected chi connectivity index (χ0v) is 17.8. The average Bonchev–Trinajstić information content (AvgIpc) is 2.61. The van der Waals surface area contributed by atoms with E-state index in [0.29, 0.717) is 26.1 Å². The molecule has 28 heavy (non-hydrogen) atoms. The van der Waals surface area contributed by atoms with E-state index in [1.807, 2.05) is 32.6 Å². The van der Waals surface area contributed by atoms with Crippen molar-refractivity contribution in [3.63, 3.8) is 0 Å². The number of rotatable bonds is 5. The highest BCUT2D eigenvalue weighted by atomic mass is 16.6. The lowest BCUT2D eigenvalue weighted by molar-refractivity contribution is -0.145. The quantitative estimate of drug-likeness (QED) is 0.721. The maximum Gasteiger partial charge on any atom is 0.407 e. The molecular formula is C21H36N2O5. The molecular weight excluding hydrogens is 360 g/mol. The van der Waals surface area contributed by atoms with Crippen LogP contribution >= 0.6 is 0 Å². The van der Waals surface area contributed by atoms with Crippen LogP contribution in [0.1, 0.15) is 72.6 Å². The lowest BCUT2D eigenvalue weighted by atomic mass is 9.82. The van der Waals surface area contributed by atoms with Gasteiger partial charge in [-0.2, -0.15) is 0 Å². The summed E-state index contributed by atoms with van der Waals surface area (Å²) in [5, 5.41) is 2.92. The summed E-state index contributed by atoms with van der Waals surface area (Å²) in [6.45, 7) is 9.04. The first-order chi connectivity index (χ1) is 13.2. The van der Waals surface area contributed by atoms with Gasteiger partial charge in [0.2, 0.25) is 5.91 Å². The molecule has 0 aromatic rings. The van der Waals surface area contributed by atoms with Crippen molar-refractivity contribution in [3.8, 4) is 0 Å². The van der Waals surface area contributed by atoms with Crippen LogP contribution < -0.4 is 5.32 Å². The molecule has 7 heteroatoms. The smallest absolute Gasteiger partial charge is 0.407 e. The van der Waals surface area contributed by atoms with Gasteiger partial charge in [-0.25, -0.2) is 4.79 Å². The minimum absolute atomic E-state index is 0.121. The molecule has 0 radical (unpaired) electrons. The van der Waals surface area contributed by atoms with Crippen LogP contribution in [-0.2, 0) is 19.1 Å². The second-order valence-corrected chi connectivity index (χ2v) is 8.92. The number of esters is 1. The van der Waals surface area contributed by atoms with Gasteiger partial charge in [0.1, 0.15) is 5.60 Å². The van der Waals surface area contributed by atoms with Gasteiger partial charge in [0.05, 0.1) is 12.5 Å². The van der Waals surface area contributed by atoms with Crippen molar-refractivity contribution in [2.24, 2.45) is 11.8 Å². The number of alkyl carbamates (subject to hydrolysis) is 1. The van der Waals surface area contributed by atoms with Gasteiger partial charge < -0.3 is 19.7 Å². The van der Waals surface area contributed by atoms with Gasteiger partial charge in [0.15, 0.2) is 0 Å². The van der Waals surface area contributed by atoms with Crippen LogP contribution in [0.4, 0.5) is 4.79 Å². The lowest BCUT2D eigenvalue weighted by Gasteiger charge is -2.38. The van der Waals surface area contributed by atoms with E-state index >= 15 is 0 Å². The van der Waals surface area contributed by atoms with E-state index in [0.717, 1.165) is 38.5 Å². The zero-order chi connectivity index (χ0) is 20.7. The Bertz CT molecular complexity index is 549. The second kappa shape index (κ2) is 10.1. The van der Waals surface area contributed by atoms with Crippen molar-refractivity contribution >= 4 is 18.0 Å². The largest absolute Gasteiger partial charge is 0.466 e. The first-order valence-corrected chi connectivity index (χ1v) is 10.6. The molecule has 0 bridgehead atoms. The van der Waals surface area contributed by atoms with Crippen LogP contribution in [0.25, 0.3) is 0 Å². The van der Waals surface area contributed by atoms with Crippen LogP contribution in [0, 0.1) is 11.8 Å². The Hall–Kier alpha value is -1.79. The third kappa shape index (κ3) is 6.99. The standard InChI is InChI=1S/C21H36N2O5/c1-5-27-18(24)14-15-10-12-23(13-11-15)19(25)16-8-6-7-9-17(16)22-20(26)28-21(2,3)4/h15-17H,5-14H2,1-4H3,(H,22,26)/t16-,17-/m0/s1. The molecule has 2 amide bonds. The van der Waals surface area contributed by atoms with Crippen molar-refractivity contribution in [1.29, 1.82) is 0 Å². The van der Waals surface area contributed by atoms with Crippen LogP contribution in [0.2, 0.25) is 0 Å². The lowest BCUT2D eigenvalue weighted by Crippen LogP contribution is -2.51. The highest BCUT2D eigenvalue weighted by molar-refractivity contribution is 5.81. The minimum Gasteiger partial charge on any atom is -0.466 e. The van der Waals surface area contributed by atoms with Crippen molar-refractivity contribution in [1.82, 2.24) is 10.2 Å². The van der Waals surface area contributed by atoms with Gasteiger partial charge in [-0.1, -0.05) is 12.8 Å². The van der Waals surface area contributed by atoms with E-state index in [-0.39, 0.29) is 29.8 Å². The van der Waals surface area contributed by atoms with Crippen LogP contribution in [0.5, 0.6) is 0 Å². The number of hydrogen-bond donors (Lipinski definition) is 1. The molecule has 0 unspecified atom stereocenters. The molecule has 2 fully saturated rings. The van der Waals surface area contributed by atoms with Gasteiger partial charge in [0.25, 0.3) is 0 Å². The van der Waals surface area contributed by atoms with E-state index in [1.165, 1.54) is 0 Å². The number of likely N-dealkylation sites (tertiary alicyclic amines) is 1. The van der Waals surface area contributed by atoms with Crippen LogP contribution in [-0.4, -0.2) is 54.2 Å². The van der Waals surface area contributed by atoms with Gasteiger partial charge in [-0.15, -0.1) is 0 Å². The Morgan fingerprint density at radius 2 is 1.68 bits per heavy atom. The Balaban J connectivity index is 1.87. The van der Waals surface area contributed by atoms with E-state index in [4.69, 9.17) is 9.47 Å². The fourth-order valence-electron chi connectivity index (χ4n) is 4.11. The molecule has 0 aromatic heterocycles. The van der Waals surface area contributed by atoms with Crippen molar-refractivity contribution in [2.75, 3.05) is 19.7 Å². The van der Waals surface area contributed by atoms with Gasteiger partial charge in [0, 0.05) is 25.6 Å². The van der Waals surface area contributed by atoms with Gasteiger partial charge in [-0.3, -0.25) is 9.59 Å². The fraction of sp³-hybridized carbons (Fsp3) is 0.857. The molecule has 0 spiro atoms. The molecule has 1 aliphatic carbocycles. The Morgan fingerprint density at radius 3 is 2.29 bits per heavy atom. The number of amides is 2. The normalized spacial score (nSPS) is 23.8. The SMILES string of the molecule is CCOC(=O)CC1CCN(C(=O)[C@H]2CCCC[C@@H]2NC(=O)OC(C)(C)C)CC1. The summed E-state index contributed by atoms with van der Waals surface area (Å²) in [5.41, 5.74) is -0.556. The maximum atomic E-state index is 13.1. The van der Waals surface area contributed by atoms with Crippen molar-refractivity contribution in [2.45, 2.75) is 84.3 Å². The van der Waals surface area contributed by atoms with E-state index in [1.54, 1.807) is 0 Å². The summed E-state index contributed by atoms with van der Waals surface area (Å²) in [6.07, 6.45) is 5.22. The maximum absolute atomic E-state index is 13.1. The van der Waals surface area contributed by atoms with Crippen LogP contribution in [0.3, 0.4) is 0 Å². The third-order valence-corrected chi connectivity index (χ3v) is 5.47. The number of nitrogens with zero attached hydrogens (tertiary/aromatic N) is 1. The molecule has 2 atom stereocenters. The van der Waals surface area contributed by atoms with Gasteiger partial charge >= 0.3 is 12.1 Å². The molecule has 7 nitrogen and oxygen atoms in total. The summed E-state index contributed by atoms with van der Waals surface area (Å²) in [6, 6.07) is -0.173. The number of hydrogen-bond acceptors (Lipinski definition) is 5. The Morgan fingerprint density at radius 1 is 1.04 bits per heavy atom. The number of ether oxygens (including phenoxy) is 2. The monoisotopic (exact) mass is 396 g/mol. The highest BCUT2D eigenvalue weighted by Gasteiger charge is 2.36. The molecule has 1 aliphatic heterocycles. The number of carbonyl (C=O) groups excluding carboxylic acids is 3. The molecule has 0 aromatic carbocycles. The first kappa shape index (κ1) is 22.5. The van der Waals surface area contributed by atoms with Gasteiger partial charge in [-0.05, 0) is 59.3 Å². The van der Waals surface area contributed by atoms with E-state index < -0.39 is 11.7 Å². The molecule has 2 aliphatic rings. The summed E-state index contributed by atoms with van der Waals surface area (Å²) < 4.78 is 10.4. The molecule has 160 valence electrons. The zero-order valence-electron chi connectivity index (χ0n) is 17.8. The molecule has 1 heterocycles. The minimum atomic E-state index is -0.556. The Kier molecular flexibility index (Phi) is 8.13. The van der Waals surface area contributed by atoms with Crippen LogP contribution in [0.15, 0.2) is 0 Å². The number of piperidine rings is 1. The third-order valence-electron chi connectivity index (χ3n) is 5.47. The summed E-state index contributed by atoms with van der Waals surface area (Å²) in [4.78, 5) is 38.8.